The highest BCUT2D eigenvalue weighted by molar-refractivity contribution is 5.96. The van der Waals surface area contributed by atoms with Crippen LogP contribution in [0.4, 0.5) is 0 Å². The Kier molecular flexibility index (Phi) is 5.09. The minimum Gasteiger partial charge on any atom is -0.503 e. The van der Waals surface area contributed by atoms with Crippen molar-refractivity contribution >= 4 is 5.91 Å². The molecule has 0 saturated carbocycles. The molecule has 1 aromatic carbocycles. The molecule has 1 aliphatic rings. The summed E-state index contributed by atoms with van der Waals surface area (Å²) in [5, 5.41) is 23.9. The number of ether oxygens (including phenoxy) is 1. The highest BCUT2D eigenvalue weighted by Crippen LogP contribution is 2.30. The number of hydrogen-bond acceptors (Lipinski definition) is 7. The Morgan fingerprint density at radius 3 is 2.76 bits per heavy atom. The number of hydrogen-bond donors (Lipinski definition) is 2. The number of H-pyrrole nitrogens is 1. The van der Waals surface area contributed by atoms with Crippen LogP contribution in [0, 0.1) is 0 Å². The summed E-state index contributed by atoms with van der Waals surface area (Å²) < 4.78 is 6.77. The summed E-state index contributed by atoms with van der Waals surface area (Å²) in [6.45, 7) is 1.14. The normalized spacial score (nSPS) is 16.1. The van der Waals surface area contributed by atoms with Gasteiger partial charge in [-0.15, -0.1) is 5.10 Å². The predicted octanol–water partition coefficient (Wildman–Crippen LogP) is 0.620. The molecule has 10 nitrogen and oxygen atoms in total. The molecule has 0 unspecified atom stereocenters. The van der Waals surface area contributed by atoms with E-state index in [2.05, 4.69) is 20.6 Å². The van der Waals surface area contributed by atoms with Gasteiger partial charge in [-0.05, 0) is 22.4 Å². The number of methoxy groups -OCH3 is 1. The first kappa shape index (κ1) is 18.8. The number of aromatic amines is 1. The van der Waals surface area contributed by atoms with Crippen LogP contribution in [0.5, 0.6) is 5.75 Å². The van der Waals surface area contributed by atoms with E-state index in [9.17, 15) is 14.7 Å². The van der Waals surface area contributed by atoms with Crippen LogP contribution in [0.15, 0.2) is 41.3 Å². The average Bonchev–Trinajstić information content (AvgIpc) is 3.26. The molecule has 0 bridgehead atoms. The number of nitrogens with one attached hydrogen (secondary N) is 1. The van der Waals surface area contributed by atoms with Crippen molar-refractivity contribution in [2.45, 2.75) is 12.5 Å². The zero-order valence-electron chi connectivity index (χ0n) is 15.8. The molecule has 1 atom stereocenters. The summed E-state index contributed by atoms with van der Waals surface area (Å²) in [5.41, 5.74) is 0.447. The molecule has 10 heteroatoms. The summed E-state index contributed by atoms with van der Waals surface area (Å²) in [6.07, 6.45) is 2.15. The highest BCUT2D eigenvalue weighted by Gasteiger charge is 2.35. The Morgan fingerprint density at radius 1 is 1.28 bits per heavy atom. The lowest BCUT2D eigenvalue weighted by atomic mass is 10.0. The second-order valence-corrected chi connectivity index (χ2v) is 6.81. The lowest BCUT2D eigenvalue weighted by Gasteiger charge is -2.36. The third kappa shape index (κ3) is 3.49. The number of aromatic hydroxyl groups is 1. The standard InChI is InChI=1S/C19H20N6O4/c1-29-8-7-24-10-13(9-12-5-3-2-4-6-12)25-11-14(18-20-22-23-21-18)16(26)17(27)15(25)19(24)28/h2-6,11,13,27H,7-10H2,1H3,(H,20,21,22,23)/t13-/m0/s1. The van der Waals surface area contributed by atoms with E-state index in [1.807, 2.05) is 30.3 Å². The smallest absolute Gasteiger partial charge is 0.274 e. The van der Waals surface area contributed by atoms with Gasteiger partial charge in [0.2, 0.25) is 5.43 Å². The average molecular weight is 396 g/mol. The third-order valence-corrected chi connectivity index (χ3v) is 5.00. The Labute approximate surface area is 165 Å². The van der Waals surface area contributed by atoms with E-state index in [0.29, 0.717) is 26.1 Å². The molecule has 0 saturated heterocycles. The maximum absolute atomic E-state index is 13.0. The summed E-state index contributed by atoms with van der Waals surface area (Å²) >= 11 is 0. The van der Waals surface area contributed by atoms with Crippen LogP contribution in [-0.2, 0) is 11.2 Å². The molecule has 0 aliphatic carbocycles. The number of pyridine rings is 1. The first-order valence-electron chi connectivity index (χ1n) is 9.14. The van der Waals surface area contributed by atoms with E-state index in [0.717, 1.165) is 5.56 Å². The third-order valence-electron chi connectivity index (χ3n) is 5.00. The van der Waals surface area contributed by atoms with Crippen molar-refractivity contribution in [3.63, 3.8) is 0 Å². The van der Waals surface area contributed by atoms with Crippen molar-refractivity contribution in [3.8, 4) is 17.1 Å². The van der Waals surface area contributed by atoms with Crippen LogP contribution in [0.1, 0.15) is 22.1 Å². The van der Waals surface area contributed by atoms with E-state index in [1.165, 1.54) is 0 Å². The number of rotatable bonds is 6. The number of fused-ring (bicyclic) bond motifs is 1. The molecule has 4 rings (SSSR count). The van der Waals surface area contributed by atoms with Crippen molar-refractivity contribution < 1.29 is 14.6 Å². The zero-order chi connectivity index (χ0) is 20.4. The van der Waals surface area contributed by atoms with Gasteiger partial charge >= 0.3 is 0 Å². The van der Waals surface area contributed by atoms with E-state index < -0.39 is 17.1 Å². The number of nitrogens with zero attached hydrogens (tertiary/aromatic N) is 5. The summed E-state index contributed by atoms with van der Waals surface area (Å²) in [7, 11) is 1.56. The molecule has 2 N–H and O–H groups in total. The van der Waals surface area contributed by atoms with E-state index in [-0.39, 0.29) is 23.1 Å². The molecule has 1 amide bonds. The minimum absolute atomic E-state index is 0.0329. The van der Waals surface area contributed by atoms with Crippen molar-refractivity contribution in [2.75, 3.05) is 26.8 Å². The molecular formula is C19H20N6O4. The van der Waals surface area contributed by atoms with Gasteiger partial charge in [-0.2, -0.15) is 0 Å². The number of carbonyl (C=O) groups excluding carboxylic acids is 1. The second kappa shape index (κ2) is 7.84. The molecule has 150 valence electrons. The van der Waals surface area contributed by atoms with Crippen LogP contribution in [-0.4, -0.2) is 67.9 Å². The summed E-state index contributed by atoms with van der Waals surface area (Å²) in [4.78, 5) is 27.3. The lowest BCUT2D eigenvalue weighted by Crippen LogP contribution is -2.46. The van der Waals surface area contributed by atoms with E-state index in [1.54, 1.807) is 22.8 Å². The first-order valence-corrected chi connectivity index (χ1v) is 9.14. The summed E-state index contributed by atoms with van der Waals surface area (Å²) in [5.74, 6) is -0.888. The Bertz CT molecular complexity index is 1060. The summed E-state index contributed by atoms with van der Waals surface area (Å²) in [6, 6.07) is 9.63. The van der Waals surface area contributed by atoms with Crippen LogP contribution in [0.2, 0.25) is 0 Å². The van der Waals surface area contributed by atoms with Crippen LogP contribution < -0.4 is 5.43 Å². The Hall–Kier alpha value is -3.53. The molecule has 1 aliphatic heterocycles. The monoisotopic (exact) mass is 396 g/mol. The predicted molar refractivity (Wildman–Crippen MR) is 103 cm³/mol. The van der Waals surface area contributed by atoms with Gasteiger partial charge in [-0.25, -0.2) is 5.10 Å². The maximum Gasteiger partial charge on any atom is 0.274 e. The zero-order valence-corrected chi connectivity index (χ0v) is 15.8. The molecule has 3 heterocycles. The van der Waals surface area contributed by atoms with Gasteiger partial charge in [0.15, 0.2) is 17.3 Å². The molecule has 3 aromatic rings. The van der Waals surface area contributed by atoms with Gasteiger partial charge in [0.05, 0.1) is 18.2 Å². The SMILES string of the molecule is COCCN1C[C@H](Cc2ccccc2)n2cc(-c3nnn[nH]3)c(=O)c(O)c2C1=O. The van der Waals surface area contributed by atoms with Gasteiger partial charge in [-0.1, -0.05) is 30.3 Å². The first-order chi connectivity index (χ1) is 14.1. The van der Waals surface area contributed by atoms with Crippen molar-refractivity contribution in [1.29, 1.82) is 0 Å². The molecule has 0 spiro atoms. The Morgan fingerprint density at radius 2 is 2.07 bits per heavy atom. The number of carbonyl (C=O) groups is 1. The lowest BCUT2D eigenvalue weighted by molar-refractivity contribution is 0.0592. The van der Waals surface area contributed by atoms with Crippen molar-refractivity contribution in [3.05, 3.63) is 58.0 Å². The van der Waals surface area contributed by atoms with Crippen LogP contribution in [0.3, 0.4) is 0 Å². The quantitative estimate of drug-likeness (QED) is 0.625. The maximum atomic E-state index is 13.0. The largest absolute Gasteiger partial charge is 0.503 e. The van der Waals surface area contributed by atoms with Gasteiger partial charge in [0, 0.05) is 26.4 Å². The number of tetrazole rings is 1. The molecule has 0 fully saturated rings. The van der Waals surface area contributed by atoms with Gasteiger partial charge < -0.3 is 19.3 Å². The van der Waals surface area contributed by atoms with Crippen LogP contribution >= 0.6 is 0 Å². The second-order valence-electron chi connectivity index (χ2n) is 6.81. The number of benzene rings is 1. The molecule has 29 heavy (non-hydrogen) atoms. The fourth-order valence-electron chi connectivity index (χ4n) is 3.58. The van der Waals surface area contributed by atoms with E-state index >= 15 is 0 Å². The fourth-order valence-corrected chi connectivity index (χ4v) is 3.58. The van der Waals surface area contributed by atoms with E-state index in [4.69, 9.17) is 4.74 Å². The highest BCUT2D eigenvalue weighted by atomic mass is 16.5. The Balaban J connectivity index is 1.83. The number of amides is 1. The van der Waals surface area contributed by atoms with Gasteiger partial charge in [0.1, 0.15) is 0 Å². The topological polar surface area (TPSA) is 126 Å². The van der Waals surface area contributed by atoms with Crippen molar-refractivity contribution in [2.24, 2.45) is 0 Å². The van der Waals surface area contributed by atoms with Crippen LogP contribution in [0.25, 0.3) is 11.4 Å². The minimum atomic E-state index is -0.699. The van der Waals surface area contributed by atoms with Gasteiger partial charge in [-0.3, -0.25) is 9.59 Å². The van der Waals surface area contributed by atoms with Gasteiger partial charge in [0.25, 0.3) is 5.91 Å². The molecular weight excluding hydrogens is 376 g/mol. The fraction of sp³-hybridized carbons (Fsp3) is 0.316. The molecule has 0 radical (unpaired) electrons. The molecule has 2 aromatic heterocycles. The number of aromatic nitrogens is 5. The van der Waals surface area contributed by atoms with Crippen molar-refractivity contribution in [1.82, 2.24) is 30.1 Å².